The number of nitriles is 1. The SMILES string of the molecule is N#Cc1c(I)csc1N. The van der Waals surface area contributed by atoms with E-state index < -0.39 is 0 Å². The van der Waals surface area contributed by atoms with E-state index in [0.717, 1.165) is 3.57 Å². The summed E-state index contributed by atoms with van der Waals surface area (Å²) >= 11 is 3.49. The van der Waals surface area contributed by atoms with Crippen LogP contribution >= 0.6 is 33.9 Å². The lowest BCUT2D eigenvalue weighted by Gasteiger charge is -1.82. The van der Waals surface area contributed by atoms with Crippen LogP contribution in [0.2, 0.25) is 0 Å². The Labute approximate surface area is 70.4 Å². The molecular weight excluding hydrogens is 247 g/mol. The second-order valence-corrected chi connectivity index (χ2v) is 3.51. The minimum Gasteiger partial charge on any atom is -0.389 e. The molecule has 0 aliphatic rings. The molecule has 0 atom stereocenters. The van der Waals surface area contributed by atoms with E-state index >= 15 is 0 Å². The Morgan fingerprint density at radius 1 is 1.78 bits per heavy atom. The molecule has 1 heterocycles. The largest absolute Gasteiger partial charge is 0.389 e. The molecule has 0 saturated carbocycles. The molecule has 0 spiro atoms. The predicted octanol–water partition coefficient (Wildman–Crippen LogP) is 1.81. The summed E-state index contributed by atoms with van der Waals surface area (Å²) in [5, 5.41) is 10.9. The quantitative estimate of drug-likeness (QED) is 0.714. The summed E-state index contributed by atoms with van der Waals surface area (Å²) in [5.41, 5.74) is 6.05. The summed E-state index contributed by atoms with van der Waals surface area (Å²) in [6, 6.07) is 2.02. The maximum Gasteiger partial charge on any atom is 0.105 e. The number of anilines is 1. The first-order valence-corrected chi connectivity index (χ1v) is 4.14. The molecule has 0 fully saturated rings. The maximum absolute atomic E-state index is 8.46. The molecule has 0 unspecified atom stereocenters. The van der Waals surface area contributed by atoms with E-state index in [1.807, 2.05) is 11.4 Å². The van der Waals surface area contributed by atoms with Crippen molar-refractivity contribution in [1.29, 1.82) is 5.26 Å². The van der Waals surface area contributed by atoms with Crippen molar-refractivity contribution in [3.05, 3.63) is 14.5 Å². The molecule has 1 rings (SSSR count). The lowest BCUT2D eigenvalue weighted by molar-refractivity contribution is 1.50. The van der Waals surface area contributed by atoms with Gasteiger partial charge < -0.3 is 5.73 Å². The Kier molecular flexibility index (Phi) is 1.93. The fourth-order valence-corrected chi connectivity index (χ4v) is 2.06. The lowest BCUT2D eigenvalue weighted by Crippen LogP contribution is -1.82. The van der Waals surface area contributed by atoms with Crippen molar-refractivity contribution < 1.29 is 0 Å². The maximum atomic E-state index is 8.46. The van der Waals surface area contributed by atoms with Gasteiger partial charge >= 0.3 is 0 Å². The highest BCUT2D eigenvalue weighted by atomic mass is 127. The first kappa shape index (κ1) is 6.83. The van der Waals surface area contributed by atoms with Crippen LogP contribution in [0.1, 0.15) is 5.56 Å². The van der Waals surface area contributed by atoms with Gasteiger partial charge in [-0.1, -0.05) is 0 Å². The van der Waals surface area contributed by atoms with Crippen LogP contribution in [-0.2, 0) is 0 Å². The van der Waals surface area contributed by atoms with Crippen LogP contribution in [0.3, 0.4) is 0 Å². The molecular formula is C5H3IN2S. The summed E-state index contributed by atoms with van der Waals surface area (Å²) in [6.07, 6.45) is 0. The van der Waals surface area contributed by atoms with Crippen LogP contribution in [0.4, 0.5) is 5.00 Å². The normalized spacial score (nSPS) is 8.89. The molecule has 0 amide bonds. The first-order valence-electron chi connectivity index (χ1n) is 2.18. The van der Waals surface area contributed by atoms with E-state index in [1.165, 1.54) is 11.3 Å². The van der Waals surface area contributed by atoms with Gasteiger partial charge in [0.15, 0.2) is 0 Å². The predicted molar refractivity (Wildman–Crippen MR) is 46.2 cm³/mol. The summed E-state index contributed by atoms with van der Waals surface area (Å²) in [4.78, 5) is 0. The third-order valence-corrected chi connectivity index (χ3v) is 2.97. The molecule has 4 heteroatoms. The van der Waals surface area contributed by atoms with Crippen molar-refractivity contribution in [3.63, 3.8) is 0 Å². The van der Waals surface area contributed by atoms with Gasteiger partial charge in [0, 0.05) is 8.95 Å². The summed E-state index contributed by atoms with van der Waals surface area (Å²) in [6.45, 7) is 0. The van der Waals surface area contributed by atoms with Gasteiger partial charge in [-0.05, 0) is 22.6 Å². The molecule has 0 aromatic carbocycles. The number of nitrogens with zero attached hydrogens (tertiary/aromatic N) is 1. The Balaban J connectivity index is 3.27. The van der Waals surface area contributed by atoms with E-state index in [4.69, 9.17) is 11.0 Å². The molecule has 46 valence electrons. The Bertz CT molecular complexity index is 241. The summed E-state index contributed by atoms with van der Waals surface area (Å²) < 4.78 is 0.942. The number of halogens is 1. The van der Waals surface area contributed by atoms with Crippen molar-refractivity contribution in [3.8, 4) is 6.07 Å². The van der Waals surface area contributed by atoms with Gasteiger partial charge in [-0.25, -0.2) is 0 Å². The lowest BCUT2D eigenvalue weighted by atomic mass is 10.4. The first-order chi connectivity index (χ1) is 4.25. The van der Waals surface area contributed by atoms with Crippen molar-refractivity contribution in [2.75, 3.05) is 5.73 Å². The van der Waals surface area contributed by atoms with Crippen molar-refractivity contribution >= 4 is 38.9 Å². The highest BCUT2D eigenvalue weighted by Crippen LogP contribution is 2.24. The monoisotopic (exact) mass is 250 g/mol. The standard InChI is InChI=1S/C5H3IN2S/c6-4-2-9-5(8)3(4)1-7/h2H,8H2. The molecule has 1 aromatic rings. The van der Waals surface area contributed by atoms with Crippen molar-refractivity contribution in [2.45, 2.75) is 0 Å². The van der Waals surface area contributed by atoms with Gasteiger partial charge in [0.2, 0.25) is 0 Å². The average molecular weight is 250 g/mol. The van der Waals surface area contributed by atoms with E-state index in [1.54, 1.807) is 0 Å². The molecule has 2 N–H and O–H groups in total. The Morgan fingerprint density at radius 2 is 2.44 bits per heavy atom. The molecule has 9 heavy (non-hydrogen) atoms. The highest BCUT2D eigenvalue weighted by molar-refractivity contribution is 14.1. The number of thiophene rings is 1. The van der Waals surface area contributed by atoms with E-state index in [-0.39, 0.29) is 0 Å². The zero-order chi connectivity index (χ0) is 6.85. The molecule has 0 aliphatic carbocycles. The minimum absolute atomic E-state index is 0.612. The number of hydrogen-bond acceptors (Lipinski definition) is 3. The van der Waals surface area contributed by atoms with Crippen LogP contribution in [0, 0.1) is 14.9 Å². The second-order valence-electron chi connectivity index (χ2n) is 1.43. The smallest absolute Gasteiger partial charge is 0.105 e. The fraction of sp³-hybridized carbons (Fsp3) is 0. The number of nitrogen functional groups attached to an aromatic ring is 1. The van der Waals surface area contributed by atoms with E-state index in [0.29, 0.717) is 10.6 Å². The Hall–Kier alpha value is -0.280. The zero-order valence-electron chi connectivity index (χ0n) is 4.39. The van der Waals surface area contributed by atoms with Crippen LogP contribution < -0.4 is 5.73 Å². The van der Waals surface area contributed by atoms with Gasteiger partial charge in [0.05, 0.1) is 5.56 Å². The van der Waals surface area contributed by atoms with Crippen molar-refractivity contribution in [1.82, 2.24) is 0 Å². The van der Waals surface area contributed by atoms with Gasteiger partial charge in [-0.2, -0.15) is 5.26 Å². The van der Waals surface area contributed by atoms with Gasteiger partial charge in [-0.15, -0.1) is 11.3 Å². The van der Waals surface area contributed by atoms with E-state index in [9.17, 15) is 0 Å². The van der Waals surface area contributed by atoms with Crippen molar-refractivity contribution in [2.24, 2.45) is 0 Å². The molecule has 0 saturated heterocycles. The molecule has 1 aromatic heterocycles. The van der Waals surface area contributed by atoms with Gasteiger partial charge in [0.25, 0.3) is 0 Å². The van der Waals surface area contributed by atoms with Crippen LogP contribution in [-0.4, -0.2) is 0 Å². The third kappa shape index (κ3) is 1.17. The molecule has 0 aliphatic heterocycles. The minimum atomic E-state index is 0.612. The number of hydrogen-bond donors (Lipinski definition) is 1. The molecule has 0 bridgehead atoms. The molecule has 2 nitrogen and oxygen atoms in total. The van der Waals surface area contributed by atoms with Crippen LogP contribution in [0.25, 0.3) is 0 Å². The zero-order valence-corrected chi connectivity index (χ0v) is 7.36. The Morgan fingerprint density at radius 3 is 2.67 bits per heavy atom. The highest BCUT2D eigenvalue weighted by Gasteiger charge is 2.03. The third-order valence-electron chi connectivity index (χ3n) is 0.886. The number of nitrogens with two attached hydrogens (primary N) is 1. The summed E-state index contributed by atoms with van der Waals surface area (Å²) in [5.74, 6) is 0. The topological polar surface area (TPSA) is 49.8 Å². The summed E-state index contributed by atoms with van der Waals surface area (Å²) in [7, 11) is 0. The van der Waals surface area contributed by atoms with Gasteiger partial charge in [-0.3, -0.25) is 0 Å². The fourth-order valence-electron chi connectivity index (χ4n) is 0.459. The van der Waals surface area contributed by atoms with E-state index in [2.05, 4.69) is 22.6 Å². The van der Waals surface area contributed by atoms with Crippen LogP contribution in [0.15, 0.2) is 5.38 Å². The molecule has 0 radical (unpaired) electrons. The van der Waals surface area contributed by atoms with Crippen LogP contribution in [0.5, 0.6) is 0 Å². The average Bonchev–Trinajstić information content (AvgIpc) is 2.12. The van der Waals surface area contributed by atoms with Gasteiger partial charge in [0.1, 0.15) is 11.1 Å². The number of rotatable bonds is 0. The second kappa shape index (κ2) is 2.54.